The minimum atomic E-state index is -0.432. The molecule has 2 rings (SSSR count). The number of nitro groups is 1. The van der Waals surface area contributed by atoms with E-state index in [4.69, 9.17) is 9.47 Å². The van der Waals surface area contributed by atoms with Crippen LogP contribution in [0.25, 0.3) is 11.1 Å². The maximum absolute atomic E-state index is 11.2. The standard InChI is InChI=1S/C14H13NO4/c1-18-11-8-6-10(7-9-11)12-4-3-5-13(19-2)14(12)15(16)17/h3-9H,1-2H3. The van der Waals surface area contributed by atoms with Gasteiger partial charge in [0, 0.05) is 0 Å². The summed E-state index contributed by atoms with van der Waals surface area (Å²) in [6, 6.07) is 12.1. The average Bonchev–Trinajstić information content (AvgIpc) is 2.46. The second-order valence-electron chi connectivity index (χ2n) is 3.84. The number of para-hydroxylation sites is 1. The molecular formula is C14H13NO4. The highest BCUT2D eigenvalue weighted by atomic mass is 16.6. The number of ether oxygens (including phenoxy) is 2. The van der Waals surface area contributed by atoms with Crippen molar-refractivity contribution in [1.82, 2.24) is 0 Å². The van der Waals surface area contributed by atoms with E-state index in [1.807, 2.05) is 0 Å². The summed E-state index contributed by atoms with van der Waals surface area (Å²) in [5, 5.41) is 11.2. The second kappa shape index (κ2) is 5.39. The largest absolute Gasteiger partial charge is 0.497 e. The molecule has 0 N–H and O–H groups in total. The van der Waals surface area contributed by atoms with E-state index in [0.29, 0.717) is 11.3 Å². The molecule has 0 aromatic heterocycles. The van der Waals surface area contributed by atoms with Gasteiger partial charge in [0.2, 0.25) is 0 Å². The van der Waals surface area contributed by atoms with Crippen molar-refractivity contribution in [2.24, 2.45) is 0 Å². The number of hydrogen-bond donors (Lipinski definition) is 0. The number of nitro benzene ring substituents is 1. The van der Waals surface area contributed by atoms with Gasteiger partial charge < -0.3 is 9.47 Å². The molecule has 0 aliphatic rings. The lowest BCUT2D eigenvalue weighted by Gasteiger charge is -2.07. The van der Waals surface area contributed by atoms with Gasteiger partial charge >= 0.3 is 5.69 Å². The SMILES string of the molecule is COc1ccc(-c2cccc(OC)c2[N+](=O)[O-])cc1. The summed E-state index contributed by atoms with van der Waals surface area (Å²) in [4.78, 5) is 10.8. The van der Waals surface area contributed by atoms with Gasteiger partial charge in [0.15, 0.2) is 5.75 Å². The van der Waals surface area contributed by atoms with Crippen molar-refractivity contribution in [3.63, 3.8) is 0 Å². The van der Waals surface area contributed by atoms with E-state index in [0.717, 1.165) is 5.56 Å². The van der Waals surface area contributed by atoms with Crippen molar-refractivity contribution in [2.45, 2.75) is 0 Å². The molecule has 0 spiro atoms. The number of benzene rings is 2. The zero-order chi connectivity index (χ0) is 13.8. The Balaban J connectivity index is 2.57. The Labute approximate surface area is 110 Å². The lowest BCUT2D eigenvalue weighted by molar-refractivity contribution is -0.385. The van der Waals surface area contributed by atoms with E-state index in [9.17, 15) is 10.1 Å². The van der Waals surface area contributed by atoms with Crippen LogP contribution in [0.1, 0.15) is 0 Å². The number of nitrogens with zero attached hydrogens (tertiary/aromatic N) is 1. The third kappa shape index (κ3) is 2.49. The van der Waals surface area contributed by atoms with Crippen LogP contribution in [-0.4, -0.2) is 19.1 Å². The lowest BCUT2D eigenvalue weighted by atomic mass is 10.0. The Kier molecular flexibility index (Phi) is 3.66. The molecule has 0 fully saturated rings. The zero-order valence-electron chi connectivity index (χ0n) is 10.6. The quantitative estimate of drug-likeness (QED) is 0.624. The minimum Gasteiger partial charge on any atom is -0.497 e. The van der Waals surface area contributed by atoms with Gasteiger partial charge in [-0.05, 0) is 29.8 Å². The summed E-state index contributed by atoms with van der Waals surface area (Å²) in [5.41, 5.74) is 1.23. The van der Waals surface area contributed by atoms with Gasteiger partial charge in [-0.3, -0.25) is 10.1 Å². The molecule has 2 aromatic rings. The third-order valence-electron chi connectivity index (χ3n) is 2.80. The highest BCUT2D eigenvalue weighted by Gasteiger charge is 2.21. The van der Waals surface area contributed by atoms with Gasteiger partial charge in [-0.25, -0.2) is 0 Å². The Morgan fingerprint density at radius 2 is 1.68 bits per heavy atom. The molecule has 0 saturated carbocycles. The molecular weight excluding hydrogens is 246 g/mol. The summed E-state index contributed by atoms with van der Waals surface area (Å²) in [6.45, 7) is 0. The molecule has 0 heterocycles. The predicted molar refractivity (Wildman–Crippen MR) is 71.6 cm³/mol. The molecule has 5 heteroatoms. The third-order valence-corrected chi connectivity index (χ3v) is 2.80. The molecule has 0 radical (unpaired) electrons. The van der Waals surface area contributed by atoms with Crippen LogP contribution >= 0.6 is 0 Å². The first-order valence-corrected chi connectivity index (χ1v) is 5.63. The van der Waals surface area contributed by atoms with Crippen LogP contribution in [0.3, 0.4) is 0 Å². The molecule has 0 amide bonds. The van der Waals surface area contributed by atoms with Gasteiger partial charge in [0.05, 0.1) is 24.7 Å². The second-order valence-corrected chi connectivity index (χ2v) is 3.84. The molecule has 0 bridgehead atoms. The van der Waals surface area contributed by atoms with Gasteiger partial charge in [0.25, 0.3) is 0 Å². The average molecular weight is 259 g/mol. The Morgan fingerprint density at radius 3 is 2.21 bits per heavy atom. The van der Waals surface area contributed by atoms with Crippen molar-refractivity contribution in [1.29, 1.82) is 0 Å². The zero-order valence-corrected chi connectivity index (χ0v) is 10.6. The van der Waals surface area contributed by atoms with Gasteiger partial charge in [0.1, 0.15) is 5.75 Å². The van der Waals surface area contributed by atoms with E-state index >= 15 is 0 Å². The predicted octanol–water partition coefficient (Wildman–Crippen LogP) is 3.28. The number of hydrogen-bond acceptors (Lipinski definition) is 4. The van der Waals surface area contributed by atoms with Crippen molar-refractivity contribution >= 4 is 5.69 Å². The van der Waals surface area contributed by atoms with Crippen molar-refractivity contribution in [3.05, 3.63) is 52.6 Å². The first-order chi connectivity index (χ1) is 9.17. The normalized spacial score (nSPS) is 10.0. The maximum atomic E-state index is 11.2. The van der Waals surface area contributed by atoms with Crippen LogP contribution < -0.4 is 9.47 Å². The number of rotatable bonds is 4. The van der Waals surface area contributed by atoms with Gasteiger partial charge in [-0.15, -0.1) is 0 Å². The maximum Gasteiger partial charge on any atom is 0.318 e. The Hall–Kier alpha value is -2.56. The summed E-state index contributed by atoms with van der Waals surface area (Å²) >= 11 is 0. The van der Waals surface area contributed by atoms with E-state index in [1.54, 1.807) is 49.6 Å². The molecule has 0 aliphatic heterocycles. The van der Waals surface area contributed by atoms with E-state index in [2.05, 4.69) is 0 Å². The lowest BCUT2D eigenvalue weighted by Crippen LogP contribution is -1.96. The number of methoxy groups -OCH3 is 2. The van der Waals surface area contributed by atoms with Crippen molar-refractivity contribution in [2.75, 3.05) is 14.2 Å². The molecule has 5 nitrogen and oxygen atoms in total. The van der Waals surface area contributed by atoms with Crippen molar-refractivity contribution in [3.8, 4) is 22.6 Å². The molecule has 0 saturated heterocycles. The minimum absolute atomic E-state index is 0.0323. The summed E-state index contributed by atoms with van der Waals surface area (Å²) < 4.78 is 10.1. The van der Waals surface area contributed by atoms with Crippen LogP contribution in [0.15, 0.2) is 42.5 Å². The highest BCUT2D eigenvalue weighted by Crippen LogP contribution is 2.37. The monoisotopic (exact) mass is 259 g/mol. The fourth-order valence-electron chi connectivity index (χ4n) is 1.88. The smallest absolute Gasteiger partial charge is 0.318 e. The Morgan fingerprint density at radius 1 is 1.00 bits per heavy atom. The molecule has 2 aromatic carbocycles. The van der Waals surface area contributed by atoms with Crippen LogP contribution in [0.4, 0.5) is 5.69 Å². The van der Waals surface area contributed by atoms with Crippen LogP contribution in [0.2, 0.25) is 0 Å². The fourth-order valence-corrected chi connectivity index (χ4v) is 1.88. The molecule has 0 aliphatic carbocycles. The van der Waals surface area contributed by atoms with Crippen LogP contribution in [0, 0.1) is 10.1 Å². The summed E-state index contributed by atoms with van der Waals surface area (Å²) in [7, 11) is 2.99. The van der Waals surface area contributed by atoms with Crippen LogP contribution in [0.5, 0.6) is 11.5 Å². The van der Waals surface area contributed by atoms with E-state index in [1.165, 1.54) is 7.11 Å². The van der Waals surface area contributed by atoms with Crippen molar-refractivity contribution < 1.29 is 14.4 Å². The summed E-state index contributed by atoms with van der Waals surface area (Å²) in [5.74, 6) is 0.951. The van der Waals surface area contributed by atoms with Gasteiger partial charge in [-0.1, -0.05) is 18.2 Å². The molecule has 0 atom stereocenters. The molecule has 0 unspecified atom stereocenters. The van der Waals surface area contributed by atoms with Crippen LogP contribution in [-0.2, 0) is 0 Å². The first-order valence-electron chi connectivity index (χ1n) is 5.63. The summed E-state index contributed by atoms with van der Waals surface area (Å²) in [6.07, 6.45) is 0. The fraction of sp³-hybridized carbons (Fsp3) is 0.143. The topological polar surface area (TPSA) is 61.6 Å². The first kappa shape index (κ1) is 12.9. The Bertz CT molecular complexity index is 593. The molecule has 19 heavy (non-hydrogen) atoms. The van der Waals surface area contributed by atoms with E-state index in [-0.39, 0.29) is 11.4 Å². The highest BCUT2D eigenvalue weighted by molar-refractivity contribution is 5.77. The van der Waals surface area contributed by atoms with Gasteiger partial charge in [-0.2, -0.15) is 0 Å². The molecule has 98 valence electrons. The van der Waals surface area contributed by atoms with E-state index < -0.39 is 4.92 Å².